The molecule has 0 aliphatic rings. The minimum Gasteiger partial charge on any atom is -0.0622 e. The molecule has 1 rings (SSSR count). The Balaban J connectivity index is 2.93. The highest BCUT2D eigenvalue weighted by Gasteiger charge is 2.04. The third-order valence-corrected chi connectivity index (χ3v) is 2.51. The van der Waals surface area contributed by atoms with Crippen LogP contribution in [0.15, 0.2) is 18.2 Å². The molecule has 1 aromatic rings. The fourth-order valence-corrected chi connectivity index (χ4v) is 1.71. The molecular formula is C14H21. The van der Waals surface area contributed by atoms with E-state index >= 15 is 0 Å². The smallest absolute Gasteiger partial charge is 0.00647 e. The highest BCUT2D eigenvalue weighted by molar-refractivity contribution is 5.37. The highest BCUT2D eigenvalue weighted by Crippen LogP contribution is 2.18. The van der Waals surface area contributed by atoms with Gasteiger partial charge < -0.3 is 0 Å². The van der Waals surface area contributed by atoms with E-state index in [9.17, 15) is 0 Å². The molecule has 0 bridgehead atoms. The molecule has 77 valence electrons. The molecule has 0 aromatic heterocycles. The average Bonchev–Trinajstić information content (AvgIpc) is 2.17. The van der Waals surface area contributed by atoms with Gasteiger partial charge in [0.25, 0.3) is 0 Å². The van der Waals surface area contributed by atoms with Gasteiger partial charge in [-0.25, -0.2) is 0 Å². The monoisotopic (exact) mass is 189 g/mol. The third-order valence-electron chi connectivity index (χ3n) is 2.51. The van der Waals surface area contributed by atoms with E-state index in [0.29, 0.717) is 5.92 Å². The molecule has 0 atom stereocenters. The molecule has 0 amide bonds. The Hall–Kier alpha value is -0.780. The summed E-state index contributed by atoms with van der Waals surface area (Å²) < 4.78 is 0. The molecule has 0 saturated carbocycles. The van der Waals surface area contributed by atoms with E-state index in [-0.39, 0.29) is 0 Å². The summed E-state index contributed by atoms with van der Waals surface area (Å²) in [6.45, 7) is 8.90. The van der Waals surface area contributed by atoms with Crippen LogP contribution >= 0.6 is 0 Å². The predicted octanol–water partition coefficient (Wildman–Crippen LogP) is 4.02. The molecule has 0 fully saturated rings. The minimum atomic E-state index is 0.632. The van der Waals surface area contributed by atoms with Crippen molar-refractivity contribution >= 4 is 0 Å². The van der Waals surface area contributed by atoms with E-state index in [4.69, 9.17) is 0 Å². The Morgan fingerprint density at radius 3 is 2.36 bits per heavy atom. The first kappa shape index (κ1) is 11.3. The molecule has 0 spiro atoms. The van der Waals surface area contributed by atoms with Gasteiger partial charge in [-0.05, 0) is 41.9 Å². The molecule has 1 aromatic carbocycles. The maximum atomic E-state index is 2.35. The lowest BCUT2D eigenvalue weighted by molar-refractivity contribution is 0.772. The lowest BCUT2D eigenvalue weighted by Gasteiger charge is -2.11. The van der Waals surface area contributed by atoms with Crippen molar-refractivity contribution in [2.24, 2.45) is 5.92 Å². The first-order valence-electron chi connectivity index (χ1n) is 5.64. The third kappa shape index (κ3) is 2.87. The summed E-state index contributed by atoms with van der Waals surface area (Å²) in [6.07, 6.45) is 4.61. The van der Waals surface area contributed by atoms with Crippen molar-refractivity contribution in [2.45, 2.75) is 40.5 Å². The molecule has 0 aliphatic carbocycles. The normalized spacial score (nSPS) is 10.9. The van der Waals surface area contributed by atoms with Crippen molar-refractivity contribution in [3.8, 4) is 0 Å². The molecular weight excluding hydrogens is 168 g/mol. The molecule has 0 heteroatoms. The average molecular weight is 189 g/mol. The van der Waals surface area contributed by atoms with Crippen LogP contribution in [0.4, 0.5) is 0 Å². The first-order valence-corrected chi connectivity index (χ1v) is 5.64. The van der Waals surface area contributed by atoms with E-state index in [1.165, 1.54) is 16.7 Å². The van der Waals surface area contributed by atoms with Gasteiger partial charge in [0, 0.05) is 0 Å². The van der Waals surface area contributed by atoms with E-state index in [1.54, 1.807) is 0 Å². The standard InChI is InChI=1S/C14H21/c1-5-12-7-8-14(9-11(3)4)13(6-2)10-12/h7-11H,5-6H2,1-4H3. The second-order valence-corrected chi connectivity index (χ2v) is 4.15. The van der Waals surface area contributed by atoms with Crippen LogP contribution in [0, 0.1) is 12.3 Å². The quantitative estimate of drug-likeness (QED) is 0.671. The largest absolute Gasteiger partial charge is 0.0622 e. The van der Waals surface area contributed by atoms with Crippen LogP contribution in [0.1, 0.15) is 44.4 Å². The fraction of sp³-hybridized carbons (Fsp3) is 0.500. The molecule has 14 heavy (non-hydrogen) atoms. The van der Waals surface area contributed by atoms with Crippen molar-refractivity contribution in [2.75, 3.05) is 0 Å². The van der Waals surface area contributed by atoms with E-state index in [0.717, 1.165) is 12.8 Å². The summed E-state index contributed by atoms with van der Waals surface area (Å²) >= 11 is 0. The fourth-order valence-electron chi connectivity index (χ4n) is 1.71. The van der Waals surface area contributed by atoms with Crippen molar-refractivity contribution in [3.05, 3.63) is 41.3 Å². The van der Waals surface area contributed by atoms with Crippen molar-refractivity contribution in [1.29, 1.82) is 0 Å². The van der Waals surface area contributed by atoms with E-state index < -0.39 is 0 Å². The minimum absolute atomic E-state index is 0.632. The van der Waals surface area contributed by atoms with Gasteiger partial charge in [-0.3, -0.25) is 0 Å². The molecule has 0 heterocycles. The van der Waals surface area contributed by atoms with Crippen LogP contribution in [0.25, 0.3) is 0 Å². The Kier molecular flexibility index (Phi) is 4.19. The Bertz CT molecular complexity index is 284. The van der Waals surface area contributed by atoms with Crippen LogP contribution in [0.3, 0.4) is 0 Å². The van der Waals surface area contributed by atoms with Crippen LogP contribution in [-0.2, 0) is 12.8 Å². The second kappa shape index (κ2) is 5.19. The maximum Gasteiger partial charge on any atom is -0.00647 e. The number of hydrogen-bond acceptors (Lipinski definition) is 0. The van der Waals surface area contributed by atoms with Gasteiger partial charge in [-0.2, -0.15) is 0 Å². The van der Waals surface area contributed by atoms with Gasteiger partial charge in [0.1, 0.15) is 0 Å². The van der Waals surface area contributed by atoms with Crippen molar-refractivity contribution < 1.29 is 0 Å². The number of aryl methyl sites for hydroxylation is 2. The second-order valence-electron chi connectivity index (χ2n) is 4.15. The lowest BCUT2D eigenvalue weighted by atomic mass is 9.94. The molecule has 0 saturated heterocycles. The molecule has 0 nitrogen and oxygen atoms in total. The van der Waals surface area contributed by atoms with Crippen LogP contribution < -0.4 is 0 Å². The zero-order chi connectivity index (χ0) is 10.6. The summed E-state index contributed by atoms with van der Waals surface area (Å²) in [5.41, 5.74) is 4.35. The van der Waals surface area contributed by atoms with Crippen molar-refractivity contribution in [1.82, 2.24) is 0 Å². The zero-order valence-electron chi connectivity index (χ0n) is 9.80. The summed E-state index contributed by atoms with van der Waals surface area (Å²) in [7, 11) is 0. The lowest BCUT2D eigenvalue weighted by Crippen LogP contribution is -1.97. The maximum absolute atomic E-state index is 2.35. The summed E-state index contributed by atoms with van der Waals surface area (Å²) in [6, 6.07) is 6.85. The van der Waals surface area contributed by atoms with Crippen molar-refractivity contribution in [3.63, 3.8) is 0 Å². The first-order chi connectivity index (χ1) is 6.67. The highest BCUT2D eigenvalue weighted by atomic mass is 14.1. The Morgan fingerprint density at radius 2 is 1.86 bits per heavy atom. The van der Waals surface area contributed by atoms with Gasteiger partial charge in [0.2, 0.25) is 0 Å². The van der Waals surface area contributed by atoms with Gasteiger partial charge in [0.05, 0.1) is 0 Å². The van der Waals surface area contributed by atoms with Gasteiger partial charge in [0.15, 0.2) is 0 Å². The summed E-state index contributed by atoms with van der Waals surface area (Å²) in [5, 5.41) is 0. The SMILES string of the molecule is CCc1ccc([CH]C(C)C)c(CC)c1. The van der Waals surface area contributed by atoms with E-state index in [2.05, 4.69) is 52.3 Å². The zero-order valence-corrected chi connectivity index (χ0v) is 9.80. The topological polar surface area (TPSA) is 0 Å². The van der Waals surface area contributed by atoms with Crippen LogP contribution in [-0.4, -0.2) is 0 Å². The summed E-state index contributed by atoms with van der Waals surface area (Å²) in [4.78, 5) is 0. The molecule has 0 N–H and O–H groups in total. The van der Waals surface area contributed by atoms with Gasteiger partial charge >= 0.3 is 0 Å². The number of benzene rings is 1. The molecule has 0 unspecified atom stereocenters. The van der Waals surface area contributed by atoms with Gasteiger partial charge in [-0.1, -0.05) is 45.9 Å². The predicted molar refractivity (Wildman–Crippen MR) is 63.4 cm³/mol. The van der Waals surface area contributed by atoms with Crippen LogP contribution in [0.5, 0.6) is 0 Å². The number of rotatable bonds is 4. The Morgan fingerprint density at radius 1 is 1.14 bits per heavy atom. The van der Waals surface area contributed by atoms with E-state index in [1.807, 2.05) is 0 Å². The molecule has 1 radical (unpaired) electrons. The summed E-state index contributed by atoms with van der Waals surface area (Å²) in [5.74, 6) is 0.632. The Labute approximate surface area is 88.4 Å². The van der Waals surface area contributed by atoms with Gasteiger partial charge in [-0.15, -0.1) is 0 Å². The number of hydrogen-bond donors (Lipinski definition) is 0. The molecule has 0 aliphatic heterocycles. The van der Waals surface area contributed by atoms with Crippen LogP contribution in [0.2, 0.25) is 0 Å².